The molecule has 0 saturated carbocycles. The maximum atomic E-state index is 13.5. The van der Waals surface area contributed by atoms with Crippen molar-refractivity contribution in [3.63, 3.8) is 0 Å². The number of nitrogens with zero attached hydrogens (tertiary/aromatic N) is 2. The first-order chi connectivity index (χ1) is 13.6. The summed E-state index contributed by atoms with van der Waals surface area (Å²) in [6.45, 7) is 2.58. The first-order valence-electron chi connectivity index (χ1n) is 9.59. The summed E-state index contributed by atoms with van der Waals surface area (Å²) in [6, 6.07) is 10.0. The van der Waals surface area contributed by atoms with Crippen molar-refractivity contribution < 1.29 is 4.79 Å². The summed E-state index contributed by atoms with van der Waals surface area (Å²) in [4.78, 5) is 31.7. The predicted molar refractivity (Wildman–Crippen MR) is 115 cm³/mol. The lowest BCUT2D eigenvalue weighted by Crippen LogP contribution is -2.26. The lowest BCUT2D eigenvalue weighted by Gasteiger charge is -2.14. The molecule has 0 bridgehead atoms. The molecule has 0 saturated heterocycles. The minimum absolute atomic E-state index is 0.0448. The quantitative estimate of drug-likeness (QED) is 0.381. The number of thioether (sulfide) groups is 1. The van der Waals surface area contributed by atoms with Crippen molar-refractivity contribution in [3.05, 3.63) is 56.7 Å². The normalized spacial score (nSPS) is 13.5. The molecule has 0 atom stereocenters. The summed E-state index contributed by atoms with van der Waals surface area (Å²) in [6.07, 6.45) is 4.37. The molecule has 2 heterocycles. The number of aryl methyl sites for hydroxylation is 2. The van der Waals surface area contributed by atoms with Gasteiger partial charge in [-0.05, 0) is 36.8 Å². The van der Waals surface area contributed by atoms with E-state index in [9.17, 15) is 9.59 Å². The maximum absolute atomic E-state index is 13.5. The Morgan fingerprint density at radius 1 is 1.25 bits per heavy atom. The monoisotopic (exact) mass is 413 g/mol. The van der Waals surface area contributed by atoms with Crippen LogP contribution in [0.25, 0.3) is 10.2 Å². The third kappa shape index (κ3) is 4.00. The van der Waals surface area contributed by atoms with Crippen LogP contribution in [0.4, 0.5) is 0 Å². The first-order valence-corrected chi connectivity index (χ1v) is 11.4. The van der Waals surface area contributed by atoms with Gasteiger partial charge in [0.1, 0.15) is 4.83 Å². The Balaban J connectivity index is 1.75. The number of aromatic nitrogens is 2. The second-order valence-electron chi connectivity index (χ2n) is 6.99. The highest BCUT2D eigenvalue weighted by molar-refractivity contribution is 7.99. The van der Waals surface area contributed by atoms with Crippen LogP contribution in [-0.4, -0.2) is 27.8 Å². The van der Waals surface area contributed by atoms with Crippen molar-refractivity contribution >= 4 is 39.2 Å². The molecule has 1 aliphatic carbocycles. The third-order valence-electron chi connectivity index (χ3n) is 4.93. The van der Waals surface area contributed by atoms with E-state index < -0.39 is 0 Å². The topological polar surface area (TPSA) is 64.0 Å². The summed E-state index contributed by atoms with van der Waals surface area (Å²) >= 11 is 3.21. The van der Waals surface area contributed by atoms with Gasteiger partial charge in [0.2, 0.25) is 5.91 Å². The minimum Gasteiger partial charge on any atom is -0.356 e. The highest BCUT2D eigenvalue weighted by Crippen LogP contribution is 2.34. The van der Waals surface area contributed by atoms with Gasteiger partial charge >= 0.3 is 0 Å². The molecular weight excluding hydrogens is 390 g/mol. The zero-order valence-corrected chi connectivity index (χ0v) is 17.5. The van der Waals surface area contributed by atoms with E-state index in [-0.39, 0.29) is 11.5 Å². The van der Waals surface area contributed by atoms with Gasteiger partial charge in [-0.15, -0.1) is 11.3 Å². The zero-order valence-electron chi connectivity index (χ0n) is 15.9. The van der Waals surface area contributed by atoms with E-state index >= 15 is 0 Å². The fourth-order valence-electron chi connectivity index (χ4n) is 3.60. The van der Waals surface area contributed by atoms with E-state index in [1.807, 2.05) is 30.3 Å². The van der Waals surface area contributed by atoms with Crippen LogP contribution < -0.4 is 10.9 Å². The Bertz CT molecular complexity index is 1060. The lowest BCUT2D eigenvalue weighted by atomic mass is 9.97. The summed E-state index contributed by atoms with van der Waals surface area (Å²) in [5.41, 5.74) is 2.37. The molecule has 0 fully saturated rings. The number of benzene rings is 1. The Hall–Kier alpha value is -2.12. The first kappa shape index (κ1) is 19.2. The van der Waals surface area contributed by atoms with E-state index in [1.54, 1.807) is 15.9 Å². The van der Waals surface area contributed by atoms with Gasteiger partial charge in [0, 0.05) is 24.1 Å². The van der Waals surface area contributed by atoms with Gasteiger partial charge in [0.25, 0.3) is 5.56 Å². The van der Waals surface area contributed by atoms with Gasteiger partial charge in [0.05, 0.1) is 11.9 Å². The molecule has 0 spiro atoms. The third-order valence-corrected chi connectivity index (χ3v) is 7.09. The molecule has 0 radical (unpaired) electrons. The molecule has 5 nitrogen and oxygen atoms in total. The molecule has 4 rings (SSSR count). The molecule has 146 valence electrons. The molecule has 0 unspecified atom stereocenters. The molecule has 0 aliphatic heterocycles. The van der Waals surface area contributed by atoms with Crippen LogP contribution >= 0.6 is 23.1 Å². The fourth-order valence-corrected chi connectivity index (χ4v) is 5.76. The Labute approximate surface area is 172 Å². The Kier molecular flexibility index (Phi) is 5.82. The number of rotatable bonds is 6. The van der Waals surface area contributed by atoms with Crippen LogP contribution in [0.2, 0.25) is 0 Å². The van der Waals surface area contributed by atoms with Gasteiger partial charge < -0.3 is 5.32 Å². The number of fused-ring (bicyclic) bond motifs is 3. The van der Waals surface area contributed by atoms with E-state index in [4.69, 9.17) is 4.98 Å². The van der Waals surface area contributed by atoms with Gasteiger partial charge in [-0.25, -0.2) is 4.98 Å². The smallest absolute Gasteiger partial charge is 0.263 e. The Morgan fingerprint density at radius 2 is 2.04 bits per heavy atom. The van der Waals surface area contributed by atoms with E-state index in [2.05, 4.69) is 5.32 Å². The predicted octanol–water partition coefficient (Wildman–Crippen LogP) is 3.61. The van der Waals surface area contributed by atoms with Gasteiger partial charge in [-0.3, -0.25) is 14.2 Å². The SMILES string of the molecule is CC(=O)NCCSc1nc2sc3c(c2c(=O)n1Cc1ccccc1)CCCC3. The van der Waals surface area contributed by atoms with E-state index in [1.165, 1.54) is 35.5 Å². The molecule has 7 heteroatoms. The van der Waals surface area contributed by atoms with Crippen LogP contribution in [0.15, 0.2) is 40.3 Å². The second-order valence-corrected chi connectivity index (χ2v) is 9.14. The van der Waals surface area contributed by atoms with Crippen molar-refractivity contribution in [3.8, 4) is 0 Å². The number of thiophene rings is 1. The van der Waals surface area contributed by atoms with Crippen LogP contribution in [0, 0.1) is 0 Å². The van der Waals surface area contributed by atoms with Crippen molar-refractivity contribution in [1.29, 1.82) is 0 Å². The molecule has 3 aromatic rings. The van der Waals surface area contributed by atoms with Crippen LogP contribution in [-0.2, 0) is 24.2 Å². The van der Waals surface area contributed by atoms with Crippen LogP contribution in [0.1, 0.15) is 35.8 Å². The largest absolute Gasteiger partial charge is 0.356 e. The van der Waals surface area contributed by atoms with Gasteiger partial charge in [-0.2, -0.15) is 0 Å². The van der Waals surface area contributed by atoms with Crippen molar-refractivity contribution in [2.75, 3.05) is 12.3 Å². The average Bonchev–Trinajstić information content (AvgIpc) is 3.07. The molecule has 1 amide bonds. The number of hydrogen-bond donors (Lipinski definition) is 1. The highest BCUT2D eigenvalue weighted by Gasteiger charge is 2.22. The van der Waals surface area contributed by atoms with Crippen LogP contribution in [0.3, 0.4) is 0 Å². The van der Waals surface area contributed by atoms with E-state index in [0.29, 0.717) is 18.8 Å². The molecule has 1 N–H and O–H groups in total. The standard InChI is InChI=1S/C21H23N3O2S2/c1-14(25)22-11-12-27-21-23-19-18(16-9-5-6-10-17(16)28-19)20(26)24(21)13-15-7-3-2-4-8-15/h2-4,7-8H,5-6,9-13H2,1H3,(H,22,25). The van der Waals surface area contributed by atoms with Gasteiger partial charge in [-0.1, -0.05) is 42.1 Å². The molecule has 28 heavy (non-hydrogen) atoms. The lowest BCUT2D eigenvalue weighted by molar-refractivity contribution is -0.118. The van der Waals surface area contributed by atoms with Crippen molar-refractivity contribution in [2.45, 2.75) is 44.3 Å². The zero-order chi connectivity index (χ0) is 19.5. The number of hydrogen-bond acceptors (Lipinski definition) is 5. The number of amides is 1. The Morgan fingerprint density at radius 3 is 2.82 bits per heavy atom. The van der Waals surface area contributed by atoms with Crippen molar-refractivity contribution in [2.24, 2.45) is 0 Å². The summed E-state index contributed by atoms with van der Waals surface area (Å²) in [7, 11) is 0. The molecule has 1 aliphatic rings. The summed E-state index contributed by atoms with van der Waals surface area (Å²) < 4.78 is 1.80. The number of carbonyl (C=O) groups is 1. The summed E-state index contributed by atoms with van der Waals surface area (Å²) in [5.74, 6) is 0.633. The van der Waals surface area contributed by atoms with E-state index in [0.717, 1.165) is 40.2 Å². The maximum Gasteiger partial charge on any atom is 0.263 e. The minimum atomic E-state index is -0.0448. The van der Waals surface area contributed by atoms with Gasteiger partial charge in [0.15, 0.2) is 5.16 Å². The van der Waals surface area contributed by atoms with Crippen molar-refractivity contribution in [1.82, 2.24) is 14.9 Å². The fraction of sp³-hybridized carbons (Fsp3) is 0.381. The molecule has 2 aromatic heterocycles. The average molecular weight is 414 g/mol. The molecule has 1 aromatic carbocycles. The highest BCUT2D eigenvalue weighted by atomic mass is 32.2. The molecular formula is C21H23N3O2S2. The van der Waals surface area contributed by atoms with Crippen LogP contribution in [0.5, 0.6) is 0 Å². The number of nitrogens with one attached hydrogen (secondary N) is 1. The number of carbonyl (C=O) groups excluding carboxylic acids is 1. The second kappa shape index (κ2) is 8.49. The summed E-state index contributed by atoms with van der Waals surface area (Å²) in [5, 5.41) is 4.35.